The highest BCUT2D eigenvalue weighted by Crippen LogP contribution is 2.26. The lowest BCUT2D eigenvalue weighted by Gasteiger charge is -2.31. The van der Waals surface area contributed by atoms with Crippen LogP contribution in [-0.4, -0.2) is 17.5 Å². The molecule has 1 fully saturated rings. The van der Waals surface area contributed by atoms with Gasteiger partial charge in [0, 0.05) is 22.9 Å². The molecular weight excluding hydrogens is 262 g/mol. The van der Waals surface area contributed by atoms with E-state index in [-0.39, 0.29) is 0 Å². The van der Waals surface area contributed by atoms with Gasteiger partial charge in [0.2, 0.25) is 0 Å². The average Bonchev–Trinajstić information content (AvgIpc) is 2.38. The quantitative estimate of drug-likeness (QED) is 0.872. The molecule has 1 heterocycles. The van der Waals surface area contributed by atoms with Crippen LogP contribution in [-0.2, 0) is 0 Å². The molecule has 0 amide bonds. The Kier molecular flexibility index (Phi) is 5.40. The van der Waals surface area contributed by atoms with Gasteiger partial charge in [0.25, 0.3) is 0 Å². The van der Waals surface area contributed by atoms with E-state index in [2.05, 4.69) is 43.1 Å². The van der Waals surface area contributed by atoms with Crippen molar-refractivity contribution in [2.75, 3.05) is 11.5 Å². The van der Waals surface area contributed by atoms with Crippen molar-refractivity contribution >= 4 is 23.4 Å². The van der Waals surface area contributed by atoms with E-state index in [0.29, 0.717) is 18.0 Å². The molecule has 18 heavy (non-hydrogen) atoms. The van der Waals surface area contributed by atoms with Crippen molar-refractivity contribution in [3.8, 4) is 0 Å². The normalized spacial score (nSPS) is 22.1. The van der Waals surface area contributed by atoms with Crippen LogP contribution >= 0.6 is 23.4 Å². The summed E-state index contributed by atoms with van der Waals surface area (Å²) >= 11 is 8.03. The van der Waals surface area contributed by atoms with Gasteiger partial charge < -0.3 is 5.32 Å². The summed E-state index contributed by atoms with van der Waals surface area (Å²) < 4.78 is 0. The van der Waals surface area contributed by atoms with Crippen LogP contribution in [0.25, 0.3) is 0 Å². The van der Waals surface area contributed by atoms with E-state index < -0.39 is 0 Å². The molecule has 1 nitrogen and oxygen atoms in total. The first-order chi connectivity index (χ1) is 8.66. The number of hydrogen-bond acceptors (Lipinski definition) is 2. The first-order valence-electron chi connectivity index (χ1n) is 6.76. The smallest absolute Gasteiger partial charge is 0.0406 e. The van der Waals surface area contributed by atoms with E-state index in [1.54, 1.807) is 0 Å². The van der Waals surface area contributed by atoms with Crippen LogP contribution in [0.15, 0.2) is 24.3 Å². The molecule has 1 aliphatic heterocycles. The lowest BCUT2D eigenvalue weighted by molar-refractivity contribution is 0.358. The molecule has 0 radical (unpaired) electrons. The molecule has 1 saturated heterocycles. The van der Waals surface area contributed by atoms with Crippen LogP contribution < -0.4 is 5.32 Å². The Hall–Kier alpha value is -0.180. The third-order valence-corrected chi connectivity index (χ3v) is 4.94. The van der Waals surface area contributed by atoms with Crippen molar-refractivity contribution in [1.29, 1.82) is 0 Å². The number of rotatable bonds is 4. The van der Waals surface area contributed by atoms with Gasteiger partial charge in [-0.05, 0) is 42.2 Å². The highest BCUT2D eigenvalue weighted by atomic mass is 35.5. The molecule has 1 aromatic carbocycles. The van der Waals surface area contributed by atoms with Crippen LogP contribution in [0.1, 0.15) is 38.3 Å². The fourth-order valence-corrected chi connectivity index (χ4v) is 3.68. The first kappa shape index (κ1) is 14.2. The van der Waals surface area contributed by atoms with Crippen LogP contribution in [0.5, 0.6) is 0 Å². The third-order valence-electron chi connectivity index (χ3n) is 3.47. The van der Waals surface area contributed by atoms with E-state index in [1.165, 1.54) is 29.9 Å². The summed E-state index contributed by atoms with van der Waals surface area (Å²) in [7, 11) is 0. The van der Waals surface area contributed by atoms with Gasteiger partial charge in [-0.1, -0.05) is 37.6 Å². The minimum absolute atomic E-state index is 0.436. The van der Waals surface area contributed by atoms with Gasteiger partial charge >= 0.3 is 0 Å². The zero-order chi connectivity index (χ0) is 13.0. The highest BCUT2D eigenvalue weighted by Gasteiger charge is 2.21. The summed E-state index contributed by atoms with van der Waals surface area (Å²) in [4.78, 5) is 0. The van der Waals surface area contributed by atoms with Crippen LogP contribution in [0.3, 0.4) is 0 Å². The number of benzene rings is 1. The lowest BCUT2D eigenvalue weighted by Crippen LogP contribution is -2.38. The molecule has 0 aliphatic carbocycles. The van der Waals surface area contributed by atoms with E-state index in [1.807, 2.05) is 12.1 Å². The van der Waals surface area contributed by atoms with Gasteiger partial charge in [0.15, 0.2) is 0 Å². The second-order valence-corrected chi connectivity index (χ2v) is 6.94. The molecule has 2 rings (SSSR count). The number of halogens is 1. The summed E-state index contributed by atoms with van der Waals surface area (Å²) in [6, 6.07) is 9.37. The Labute approximate surface area is 120 Å². The van der Waals surface area contributed by atoms with Crippen molar-refractivity contribution in [3.63, 3.8) is 0 Å². The zero-order valence-corrected chi connectivity index (χ0v) is 12.7. The molecule has 1 N–H and O–H groups in total. The molecule has 0 saturated carbocycles. The van der Waals surface area contributed by atoms with Crippen molar-refractivity contribution in [2.24, 2.45) is 5.92 Å². The van der Waals surface area contributed by atoms with Crippen molar-refractivity contribution in [3.05, 3.63) is 34.9 Å². The minimum atomic E-state index is 0.436. The summed E-state index contributed by atoms with van der Waals surface area (Å²) in [6.07, 6.45) is 2.65. The molecule has 0 spiro atoms. The second kappa shape index (κ2) is 6.83. The monoisotopic (exact) mass is 283 g/mol. The van der Waals surface area contributed by atoms with E-state index in [0.717, 1.165) is 5.02 Å². The molecule has 3 heteroatoms. The van der Waals surface area contributed by atoms with E-state index >= 15 is 0 Å². The molecule has 2 unspecified atom stereocenters. The molecule has 100 valence electrons. The average molecular weight is 284 g/mol. The topological polar surface area (TPSA) is 12.0 Å². The van der Waals surface area contributed by atoms with Gasteiger partial charge in [0.05, 0.1) is 0 Å². The van der Waals surface area contributed by atoms with Crippen LogP contribution in [0, 0.1) is 5.92 Å². The van der Waals surface area contributed by atoms with Crippen molar-refractivity contribution < 1.29 is 0 Å². The lowest BCUT2D eigenvalue weighted by atomic mass is 9.95. The summed E-state index contributed by atoms with van der Waals surface area (Å²) in [5, 5.41) is 4.64. The highest BCUT2D eigenvalue weighted by molar-refractivity contribution is 7.99. The fourth-order valence-electron chi connectivity index (χ4n) is 2.47. The molecular formula is C15H22ClNS. The van der Waals surface area contributed by atoms with Gasteiger partial charge in [0.1, 0.15) is 0 Å². The molecule has 0 aromatic heterocycles. The molecule has 1 aliphatic rings. The van der Waals surface area contributed by atoms with Crippen molar-refractivity contribution in [1.82, 2.24) is 5.32 Å². The van der Waals surface area contributed by atoms with Gasteiger partial charge in [-0.2, -0.15) is 11.8 Å². The minimum Gasteiger partial charge on any atom is -0.306 e. The number of nitrogens with one attached hydrogen (secondary N) is 1. The Bertz CT molecular complexity index is 357. The SMILES string of the molecule is CC(C)C(NC1CCCSC1)c1ccc(Cl)cc1. The van der Waals surface area contributed by atoms with Gasteiger partial charge in [-0.15, -0.1) is 0 Å². The van der Waals surface area contributed by atoms with Crippen molar-refractivity contribution in [2.45, 2.75) is 38.8 Å². The maximum absolute atomic E-state index is 5.96. The Morgan fingerprint density at radius 2 is 2.00 bits per heavy atom. The summed E-state index contributed by atoms with van der Waals surface area (Å²) in [6.45, 7) is 4.56. The maximum Gasteiger partial charge on any atom is 0.0406 e. The number of thioether (sulfide) groups is 1. The Morgan fingerprint density at radius 1 is 1.28 bits per heavy atom. The van der Waals surface area contributed by atoms with Gasteiger partial charge in [-0.25, -0.2) is 0 Å². The second-order valence-electron chi connectivity index (χ2n) is 5.35. The molecule has 1 aromatic rings. The standard InChI is InChI=1S/C15H22ClNS/c1-11(2)15(12-5-7-13(16)8-6-12)17-14-4-3-9-18-10-14/h5-8,11,14-15,17H,3-4,9-10H2,1-2H3. The molecule has 0 bridgehead atoms. The van der Waals surface area contributed by atoms with E-state index in [4.69, 9.17) is 11.6 Å². The first-order valence-corrected chi connectivity index (χ1v) is 8.29. The summed E-state index contributed by atoms with van der Waals surface area (Å²) in [5.74, 6) is 3.17. The fraction of sp³-hybridized carbons (Fsp3) is 0.600. The van der Waals surface area contributed by atoms with E-state index in [9.17, 15) is 0 Å². The predicted octanol–water partition coefficient (Wildman–Crippen LogP) is 4.52. The number of hydrogen-bond donors (Lipinski definition) is 1. The third kappa shape index (κ3) is 3.91. The zero-order valence-electron chi connectivity index (χ0n) is 11.2. The largest absolute Gasteiger partial charge is 0.306 e. The predicted molar refractivity (Wildman–Crippen MR) is 82.5 cm³/mol. The Balaban J connectivity index is 2.05. The Morgan fingerprint density at radius 3 is 2.56 bits per heavy atom. The van der Waals surface area contributed by atoms with Crippen LogP contribution in [0.2, 0.25) is 5.02 Å². The maximum atomic E-state index is 5.96. The summed E-state index contributed by atoms with van der Waals surface area (Å²) in [5.41, 5.74) is 1.35. The molecule has 2 atom stereocenters. The van der Waals surface area contributed by atoms with Gasteiger partial charge in [-0.3, -0.25) is 0 Å². The van der Waals surface area contributed by atoms with Crippen LogP contribution in [0.4, 0.5) is 0 Å².